The van der Waals surface area contributed by atoms with Crippen molar-refractivity contribution in [1.29, 1.82) is 0 Å². The van der Waals surface area contributed by atoms with E-state index >= 15 is 0 Å². The molecule has 0 radical (unpaired) electrons. The predicted molar refractivity (Wildman–Crippen MR) is 121 cm³/mol. The van der Waals surface area contributed by atoms with Gasteiger partial charge >= 0.3 is 6.03 Å². The van der Waals surface area contributed by atoms with Crippen molar-refractivity contribution in [1.82, 2.24) is 15.5 Å². The van der Waals surface area contributed by atoms with Crippen LogP contribution in [0.15, 0.2) is 30.3 Å². The summed E-state index contributed by atoms with van der Waals surface area (Å²) >= 11 is 0. The maximum Gasteiger partial charge on any atom is 0.318 e. The van der Waals surface area contributed by atoms with E-state index in [0.717, 1.165) is 31.2 Å². The maximum atomic E-state index is 14.0. The SMILES string of the molecule is CC(NC(=O)C12CC3CCC1(C)C3(C)CN2C(=O)NC1CCCCC1)c1ccccc1. The number of piperidine rings is 1. The summed E-state index contributed by atoms with van der Waals surface area (Å²) in [5, 5.41) is 6.62. The second-order valence-electron chi connectivity index (χ2n) is 11.0. The summed E-state index contributed by atoms with van der Waals surface area (Å²) in [4.78, 5) is 29.5. The van der Waals surface area contributed by atoms with E-state index in [1.54, 1.807) is 0 Å². The minimum absolute atomic E-state index is 0.0181. The molecule has 0 spiro atoms. The zero-order valence-corrected chi connectivity index (χ0v) is 19.2. The van der Waals surface area contributed by atoms with E-state index in [0.29, 0.717) is 12.5 Å². The molecule has 1 saturated heterocycles. The molecule has 1 heterocycles. The van der Waals surface area contributed by atoms with Crippen LogP contribution < -0.4 is 10.6 Å². The van der Waals surface area contributed by atoms with Crippen molar-refractivity contribution in [3.05, 3.63) is 35.9 Å². The molecule has 1 aromatic carbocycles. The molecule has 4 aliphatic rings. The number of nitrogens with one attached hydrogen (secondary N) is 2. The van der Waals surface area contributed by atoms with Crippen molar-refractivity contribution < 1.29 is 9.59 Å². The molecule has 4 fully saturated rings. The Labute approximate surface area is 186 Å². The molecule has 31 heavy (non-hydrogen) atoms. The number of rotatable bonds is 4. The van der Waals surface area contributed by atoms with E-state index in [2.05, 4.69) is 36.6 Å². The molecule has 3 aliphatic carbocycles. The van der Waals surface area contributed by atoms with E-state index in [-0.39, 0.29) is 34.9 Å². The normalized spacial score (nSPS) is 37.6. The molecular formula is C26H37N3O2. The fourth-order valence-electron chi connectivity index (χ4n) is 7.63. The standard InChI is InChI=1S/C26H37N3O2/c1-18(19-10-6-4-7-11-19)27-22(30)26-16-20-14-15-25(26,3)24(20,2)17-29(26)23(31)28-21-12-8-5-9-13-21/h4,6-7,10-11,18,20-21H,5,8-9,12-17H2,1-3H3,(H,27,30)(H,28,31). The molecule has 3 amide bonds. The third-order valence-corrected chi connectivity index (χ3v) is 9.76. The van der Waals surface area contributed by atoms with Gasteiger partial charge in [0.2, 0.25) is 5.91 Å². The highest BCUT2D eigenvalue weighted by Crippen LogP contribution is 2.75. The molecule has 4 bridgehead atoms. The van der Waals surface area contributed by atoms with Gasteiger partial charge in [0.15, 0.2) is 0 Å². The van der Waals surface area contributed by atoms with Gasteiger partial charge in [-0.05, 0) is 55.9 Å². The van der Waals surface area contributed by atoms with E-state index in [9.17, 15) is 9.59 Å². The number of benzene rings is 1. The van der Waals surface area contributed by atoms with Gasteiger partial charge < -0.3 is 15.5 Å². The van der Waals surface area contributed by atoms with Crippen LogP contribution in [0, 0.1) is 16.7 Å². The molecule has 5 nitrogen and oxygen atoms in total. The van der Waals surface area contributed by atoms with Crippen LogP contribution in [0.5, 0.6) is 0 Å². The van der Waals surface area contributed by atoms with Crippen LogP contribution in [0.25, 0.3) is 0 Å². The number of likely N-dealkylation sites (tertiary alicyclic amines) is 1. The van der Waals surface area contributed by atoms with Crippen LogP contribution in [0.1, 0.15) is 83.7 Å². The molecule has 2 N–H and O–H groups in total. The van der Waals surface area contributed by atoms with Gasteiger partial charge in [0.1, 0.15) is 5.54 Å². The van der Waals surface area contributed by atoms with Crippen LogP contribution in [0.3, 0.4) is 0 Å². The van der Waals surface area contributed by atoms with E-state index in [4.69, 9.17) is 0 Å². The lowest BCUT2D eigenvalue weighted by Crippen LogP contribution is -2.66. The number of nitrogens with zero attached hydrogens (tertiary/aromatic N) is 1. The summed E-state index contributed by atoms with van der Waals surface area (Å²) in [7, 11) is 0. The van der Waals surface area contributed by atoms with Crippen LogP contribution in [0.4, 0.5) is 4.79 Å². The van der Waals surface area contributed by atoms with E-state index in [1.807, 2.05) is 30.0 Å². The Morgan fingerprint density at radius 3 is 2.45 bits per heavy atom. The highest BCUT2D eigenvalue weighted by atomic mass is 16.2. The number of urea groups is 1. The van der Waals surface area contributed by atoms with Crippen LogP contribution >= 0.6 is 0 Å². The number of amides is 3. The topological polar surface area (TPSA) is 61.4 Å². The summed E-state index contributed by atoms with van der Waals surface area (Å²) in [5.74, 6) is 0.560. The van der Waals surface area contributed by atoms with Gasteiger partial charge in [-0.15, -0.1) is 0 Å². The minimum Gasteiger partial charge on any atom is -0.348 e. The zero-order chi connectivity index (χ0) is 21.9. The molecule has 1 aliphatic heterocycles. The molecular weight excluding hydrogens is 386 g/mol. The molecule has 3 saturated carbocycles. The Balaban J connectivity index is 1.43. The van der Waals surface area contributed by atoms with Crippen LogP contribution in [-0.2, 0) is 4.79 Å². The molecule has 168 valence electrons. The molecule has 0 aromatic heterocycles. The third kappa shape index (κ3) is 2.81. The van der Waals surface area contributed by atoms with Crippen molar-refractivity contribution in [2.45, 2.75) is 89.8 Å². The van der Waals surface area contributed by atoms with Crippen molar-refractivity contribution in [3.63, 3.8) is 0 Å². The first-order valence-electron chi connectivity index (χ1n) is 12.3. The maximum absolute atomic E-state index is 14.0. The smallest absolute Gasteiger partial charge is 0.318 e. The predicted octanol–water partition coefficient (Wildman–Crippen LogP) is 4.79. The summed E-state index contributed by atoms with van der Waals surface area (Å²) in [6.07, 6.45) is 8.74. The Kier molecular flexibility index (Phi) is 4.87. The van der Waals surface area contributed by atoms with Crippen LogP contribution in [-0.4, -0.2) is 35.0 Å². The number of hydrogen-bond acceptors (Lipinski definition) is 2. The lowest BCUT2D eigenvalue weighted by Gasteiger charge is -2.47. The molecule has 1 aromatic rings. The second-order valence-corrected chi connectivity index (χ2v) is 11.0. The molecule has 5 rings (SSSR count). The first-order chi connectivity index (χ1) is 14.8. The lowest BCUT2D eigenvalue weighted by molar-refractivity contribution is -0.137. The highest BCUT2D eigenvalue weighted by Gasteiger charge is 2.80. The van der Waals surface area contributed by atoms with Gasteiger partial charge in [0, 0.05) is 18.0 Å². The Morgan fingerprint density at radius 2 is 1.77 bits per heavy atom. The largest absolute Gasteiger partial charge is 0.348 e. The van der Waals surface area contributed by atoms with Crippen molar-refractivity contribution in [2.24, 2.45) is 16.7 Å². The van der Waals surface area contributed by atoms with Gasteiger partial charge in [-0.1, -0.05) is 63.4 Å². The Bertz CT molecular complexity index is 867. The Morgan fingerprint density at radius 1 is 1.06 bits per heavy atom. The van der Waals surface area contributed by atoms with Gasteiger partial charge in [0.25, 0.3) is 0 Å². The van der Waals surface area contributed by atoms with Gasteiger partial charge in [-0.3, -0.25) is 4.79 Å². The highest BCUT2D eigenvalue weighted by molar-refractivity contribution is 5.94. The molecule has 5 atom stereocenters. The van der Waals surface area contributed by atoms with Gasteiger partial charge in [-0.2, -0.15) is 0 Å². The first kappa shape index (κ1) is 20.8. The Hall–Kier alpha value is -2.04. The van der Waals surface area contributed by atoms with Crippen molar-refractivity contribution >= 4 is 11.9 Å². The minimum atomic E-state index is -0.744. The number of hydrogen-bond donors (Lipinski definition) is 2. The van der Waals surface area contributed by atoms with Gasteiger partial charge in [0.05, 0.1) is 6.04 Å². The fraction of sp³-hybridized carbons (Fsp3) is 0.692. The average Bonchev–Trinajstić information content (AvgIpc) is 3.23. The van der Waals surface area contributed by atoms with Gasteiger partial charge in [-0.25, -0.2) is 4.79 Å². The number of carbonyl (C=O) groups is 2. The third-order valence-electron chi connectivity index (χ3n) is 9.76. The monoisotopic (exact) mass is 423 g/mol. The zero-order valence-electron chi connectivity index (χ0n) is 19.2. The quantitative estimate of drug-likeness (QED) is 0.732. The average molecular weight is 424 g/mol. The summed E-state index contributed by atoms with van der Waals surface area (Å²) in [6.45, 7) is 7.34. The molecule has 5 heteroatoms. The van der Waals surface area contributed by atoms with Crippen molar-refractivity contribution in [3.8, 4) is 0 Å². The summed E-state index contributed by atoms with van der Waals surface area (Å²) < 4.78 is 0. The van der Waals surface area contributed by atoms with E-state index < -0.39 is 5.54 Å². The number of carbonyl (C=O) groups excluding carboxylic acids is 2. The second kappa shape index (κ2) is 7.25. The fourth-order valence-corrected chi connectivity index (χ4v) is 7.63. The molecule has 5 unspecified atom stereocenters. The first-order valence-corrected chi connectivity index (χ1v) is 12.3. The van der Waals surface area contributed by atoms with Crippen LogP contribution in [0.2, 0.25) is 0 Å². The summed E-state index contributed by atoms with van der Waals surface area (Å²) in [5.41, 5.74) is 0.200. The van der Waals surface area contributed by atoms with E-state index in [1.165, 1.54) is 25.7 Å². The van der Waals surface area contributed by atoms with Crippen molar-refractivity contribution in [2.75, 3.05) is 6.54 Å². The lowest BCUT2D eigenvalue weighted by atomic mass is 9.65. The summed E-state index contributed by atoms with van der Waals surface area (Å²) in [6, 6.07) is 10.3.